The molecule has 0 aliphatic carbocycles. The van der Waals surface area contributed by atoms with Crippen molar-refractivity contribution in [3.05, 3.63) is 24.3 Å². The van der Waals surface area contributed by atoms with Gasteiger partial charge in [-0.05, 0) is 45.0 Å². The summed E-state index contributed by atoms with van der Waals surface area (Å²) in [7, 11) is -3.43. The van der Waals surface area contributed by atoms with E-state index in [9.17, 15) is 13.5 Å². The Hall–Kier alpha value is -1.11. The van der Waals surface area contributed by atoms with Gasteiger partial charge in [0, 0.05) is 24.8 Å². The first-order valence-corrected chi connectivity index (χ1v) is 7.78. The maximum Gasteiger partial charge on any atom is 0.240 e. The number of rotatable bonds is 4. The molecule has 1 aromatic rings. The summed E-state index contributed by atoms with van der Waals surface area (Å²) in [6, 6.07) is 6.59. The first-order valence-electron chi connectivity index (χ1n) is 6.29. The molecule has 0 bridgehead atoms. The SMILES string of the molecule is CC(C)NS(=O)(=O)c1ccc(N2CC(C)(O)C2)cc1. The highest BCUT2D eigenvalue weighted by Crippen LogP contribution is 2.27. The summed E-state index contributed by atoms with van der Waals surface area (Å²) >= 11 is 0. The van der Waals surface area contributed by atoms with Crippen LogP contribution in [0.4, 0.5) is 5.69 Å². The number of aliphatic hydroxyl groups is 1. The van der Waals surface area contributed by atoms with Crippen molar-refractivity contribution in [2.75, 3.05) is 18.0 Å². The van der Waals surface area contributed by atoms with Crippen LogP contribution in [0.25, 0.3) is 0 Å². The standard InChI is InChI=1S/C13H20N2O3S/c1-10(2)14-19(17,18)12-6-4-11(5-7-12)15-8-13(3,16)9-15/h4-7,10,14,16H,8-9H2,1-3H3. The molecule has 5 nitrogen and oxygen atoms in total. The molecule has 0 unspecified atom stereocenters. The monoisotopic (exact) mass is 284 g/mol. The largest absolute Gasteiger partial charge is 0.386 e. The second kappa shape index (κ2) is 4.77. The summed E-state index contributed by atoms with van der Waals surface area (Å²) in [5, 5.41) is 9.68. The van der Waals surface area contributed by atoms with Gasteiger partial charge in [-0.15, -0.1) is 0 Å². The van der Waals surface area contributed by atoms with Crippen molar-refractivity contribution in [2.24, 2.45) is 0 Å². The summed E-state index contributed by atoms with van der Waals surface area (Å²) in [5.74, 6) is 0. The minimum Gasteiger partial charge on any atom is -0.386 e. The van der Waals surface area contributed by atoms with Crippen molar-refractivity contribution in [1.29, 1.82) is 0 Å². The van der Waals surface area contributed by atoms with Gasteiger partial charge in [0.25, 0.3) is 0 Å². The van der Waals surface area contributed by atoms with Crippen molar-refractivity contribution < 1.29 is 13.5 Å². The first-order chi connectivity index (χ1) is 8.70. The lowest BCUT2D eigenvalue weighted by molar-refractivity contribution is 0.0310. The Balaban J connectivity index is 2.11. The molecule has 6 heteroatoms. The van der Waals surface area contributed by atoms with Crippen LogP contribution in [0.2, 0.25) is 0 Å². The Labute approximate surface area is 114 Å². The summed E-state index contributed by atoms with van der Waals surface area (Å²) in [4.78, 5) is 2.27. The molecule has 2 rings (SSSR count). The number of hydrogen-bond donors (Lipinski definition) is 2. The number of β-amino-alcohol motifs (C(OH)–C–C–N with tert-alkyl or cyclic N) is 1. The van der Waals surface area contributed by atoms with E-state index >= 15 is 0 Å². The zero-order valence-electron chi connectivity index (χ0n) is 11.4. The van der Waals surface area contributed by atoms with Gasteiger partial charge in [-0.2, -0.15) is 0 Å². The molecule has 1 saturated heterocycles. The smallest absolute Gasteiger partial charge is 0.240 e. The van der Waals surface area contributed by atoms with Gasteiger partial charge in [0.2, 0.25) is 10.0 Å². The van der Waals surface area contributed by atoms with Gasteiger partial charge >= 0.3 is 0 Å². The van der Waals surface area contributed by atoms with E-state index in [2.05, 4.69) is 4.72 Å². The summed E-state index contributed by atoms with van der Waals surface area (Å²) < 4.78 is 26.4. The normalized spacial score (nSPS) is 18.5. The second-order valence-corrected chi connectivity index (χ2v) is 7.34. The maximum absolute atomic E-state index is 11.9. The Bertz CT molecular complexity index is 542. The Morgan fingerprint density at radius 2 is 1.79 bits per heavy atom. The molecule has 0 saturated carbocycles. The highest BCUT2D eigenvalue weighted by atomic mass is 32.2. The average Bonchev–Trinajstić information content (AvgIpc) is 2.24. The number of benzene rings is 1. The number of sulfonamides is 1. The van der Waals surface area contributed by atoms with Crippen LogP contribution in [0.5, 0.6) is 0 Å². The molecule has 0 spiro atoms. The molecule has 1 aromatic carbocycles. The lowest BCUT2D eigenvalue weighted by atomic mass is 9.96. The third-order valence-electron chi connectivity index (χ3n) is 2.97. The summed E-state index contributed by atoms with van der Waals surface area (Å²) in [6.07, 6.45) is 0. The van der Waals surface area contributed by atoms with E-state index in [1.54, 1.807) is 45.0 Å². The van der Waals surface area contributed by atoms with Crippen LogP contribution >= 0.6 is 0 Å². The highest BCUT2D eigenvalue weighted by Gasteiger charge is 2.36. The van der Waals surface area contributed by atoms with Gasteiger partial charge in [-0.25, -0.2) is 13.1 Å². The Morgan fingerprint density at radius 1 is 1.26 bits per heavy atom. The Kier molecular flexibility index (Phi) is 3.59. The van der Waals surface area contributed by atoms with Gasteiger partial charge in [0.05, 0.1) is 10.5 Å². The number of hydrogen-bond acceptors (Lipinski definition) is 4. The van der Waals surface area contributed by atoms with Crippen molar-refractivity contribution in [3.8, 4) is 0 Å². The van der Waals surface area contributed by atoms with Crippen LogP contribution < -0.4 is 9.62 Å². The van der Waals surface area contributed by atoms with Gasteiger partial charge in [0.15, 0.2) is 0 Å². The van der Waals surface area contributed by atoms with Gasteiger partial charge in [-0.3, -0.25) is 0 Å². The highest BCUT2D eigenvalue weighted by molar-refractivity contribution is 7.89. The molecule has 1 aliphatic rings. The molecule has 2 N–H and O–H groups in total. The van der Waals surface area contributed by atoms with Crippen LogP contribution in [0, 0.1) is 0 Å². The van der Waals surface area contributed by atoms with Crippen molar-refractivity contribution in [1.82, 2.24) is 4.72 Å². The fraction of sp³-hybridized carbons (Fsp3) is 0.538. The van der Waals surface area contributed by atoms with E-state index in [0.717, 1.165) is 5.69 Å². The van der Waals surface area contributed by atoms with Gasteiger partial charge in [-0.1, -0.05) is 0 Å². The van der Waals surface area contributed by atoms with E-state index in [-0.39, 0.29) is 10.9 Å². The van der Waals surface area contributed by atoms with E-state index in [4.69, 9.17) is 0 Å². The lowest BCUT2D eigenvalue weighted by Gasteiger charge is -2.45. The summed E-state index contributed by atoms with van der Waals surface area (Å²) in [5.41, 5.74) is 0.291. The van der Waals surface area contributed by atoms with Crippen LogP contribution in [-0.4, -0.2) is 38.3 Å². The molecule has 0 radical (unpaired) electrons. The van der Waals surface area contributed by atoms with Crippen LogP contribution in [0.15, 0.2) is 29.2 Å². The minimum absolute atomic E-state index is 0.129. The molecular formula is C13H20N2O3S. The molecule has 1 aliphatic heterocycles. The molecule has 0 aromatic heterocycles. The second-order valence-electron chi connectivity index (χ2n) is 5.62. The minimum atomic E-state index is -3.43. The number of nitrogens with zero attached hydrogens (tertiary/aromatic N) is 1. The first kappa shape index (κ1) is 14.3. The molecule has 1 fully saturated rings. The van der Waals surface area contributed by atoms with Crippen LogP contribution in [-0.2, 0) is 10.0 Å². The van der Waals surface area contributed by atoms with Crippen molar-refractivity contribution >= 4 is 15.7 Å². The predicted octanol–water partition coefficient (Wildman–Crippen LogP) is 0.944. The quantitative estimate of drug-likeness (QED) is 0.863. The summed E-state index contributed by atoms with van der Waals surface area (Å²) in [6.45, 7) is 6.50. The third-order valence-corrected chi connectivity index (χ3v) is 4.64. The molecule has 0 amide bonds. The van der Waals surface area contributed by atoms with Crippen LogP contribution in [0.1, 0.15) is 20.8 Å². The molecule has 1 heterocycles. The zero-order chi connectivity index (χ0) is 14.3. The topological polar surface area (TPSA) is 69.6 Å². The Morgan fingerprint density at radius 3 is 2.21 bits per heavy atom. The van der Waals surface area contributed by atoms with Gasteiger partial charge in [0.1, 0.15) is 0 Å². The average molecular weight is 284 g/mol. The van der Waals surface area contributed by atoms with E-state index in [0.29, 0.717) is 13.1 Å². The molecule has 19 heavy (non-hydrogen) atoms. The van der Waals surface area contributed by atoms with E-state index in [1.807, 2.05) is 4.90 Å². The van der Waals surface area contributed by atoms with E-state index in [1.165, 1.54) is 0 Å². The van der Waals surface area contributed by atoms with Gasteiger partial charge < -0.3 is 10.0 Å². The fourth-order valence-electron chi connectivity index (χ4n) is 2.17. The van der Waals surface area contributed by atoms with E-state index < -0.39 is 15.6 Å². The third kappa shape index (κ3) is 3.26. The zero-order valence-corrected chi connectivity index (χ0v) is 12.2. The lowest BCUT2D eigenvalue weighted by Crippen LogP contribution is -2.60. The van der Waals surface area contributed by atoms with Crippen LogP contribution in [0.3, 0.4) is 0 Å². The molecule has 106 valence electrons. The number of nitrogens with one attached hydrogen (secondary N) is 1. The number of anilines is 1. The predicted molar refractivity (Wildman–Crippen MR) is 74.7 cm³/mol. The fourth-order valence-corrected chi connectivity index (χ4v) is 3.42. The van der Waals surface area contributed by atoms with Crippen molar-refractivity contribution in [3.63, 3.8) is 0 Å². The molecule has 0 atom stereocenters. The molecular weight excluding hydrogens is 264 g/mol. The maximum atomic E-state index is 11.9. The van der Waals surface area contributed by atoms with Crippen molar-refractivity contribution in [2.45, 2.75) is 37.3 Å².